The molecule has 0 bridgehead atoms. The molecule has 1 atom stereocenters. The van der Waals surface area contributed by atoms with Gasteiger partial charge in [0.15, 0.2) is 0 Å². The average molecular weight is 222 g/mol. The molecular weight excluding hydrogens is 204 g/mol. The molecule has 1 aliphatic rings. The fraction of sp³-hybridized carbons (Fsp3) is 0.538. The van der Waals surface area contributed by atoms with E-state index in [0.717, 1.165) is 0 Å². The number of benzene rings is 1. The fourth-order valence-electron chi connectivity index (χ4n) is 1.91. The smallest absolute Gasteiger partial charge is 0.0522 e. The number of thioether (sulfide) groups is 1. The summed E-state index contributed by atoms with van der Waals surface area (Å²) in [6.07, 6.45) is 1.18. The van der Waals surface area contributed by atoms with Gasteiger partial charge in [-0.05, 0) is 23.6 Å². The van der Waals surface area contributed by atoms with Crippen molar-refractivity contribution >= 4 is 11.8 Å². The molecule has 0 saturated carbocycles. The van der Waals surface area contributed by atoms with Gasteiger partial charge >= 0.3 is 0 Å². The van der Waals surface area contributed by atoms with Gasteiger partial charge in [-0.15, -0.1) is 11.8 Å². The van der Waals surface area contributed by atoms with Crippen LogP contribution in [0, 0.1) is 0 Å². The minimum atomic E-state index is -0.124. The van der Waals surface area contributed by atoms with Gasteiger partial charge in [0.25, 0.3) is 0 Å². The number of hydrogen-bond donors (Lipinski definition) is 1. The van der Waals surface area contributed by atoms with Crippen LogP contribution in [-0.2, 0) is 11.8 Å². The van der Waals surface area contributed by atoms with Crippen LogP contribution >= 0.6 is 11.8 Å². The maximum atomic E-state index is 9.34. The lowest BCUT2D eigenvalue weighted by Crippen LogP contribution is -2.21. The number of aliphatic hydroxyl groups excluding tert-OH is 1. The molecule has 1 N–H and O–H groups in total. The van der Waals surface area contributed by atoms with Crippen molar-refractivity contribution < 1.29 is 5.11 Å². The SMILES string of the molecule is CC1Cc2ccc(C(C)(C)CO)cc2S1. The largest absolute Gasteiger partial charge is 0.395 e. The van der Waals surface area contributed by atoms with E-state index in [-0.39, 0.29) is 12.0 Å². The van der Waals surface area contributed by atoms with E-state index < -0.39 is 0 Å². The third-order valence-corrected chi connectivity index (χ3v) is 4.28. The van der Waals surface area contributed by atoms with Crippen LogP contribution in [0.4, 0.5) is 0 Å². The molecule has 0 saturated heterocycles. The van der Waals surface area contributed by atoms with Crippen LogP contribution in [0.5, 0.6) is 0 Å². The molecule has 0 radical (unpaired) electrons. The van der Waals surface area contributed by atoms with E-state index >= 15 is 0 Å². The lowest BCUT2D eigenvalue weighted by molar-refractivity contribution is 0.218. The summed E-state index contributed by atoms with van der Waals surface area (Å²) in [5, 5.41) is 10.0. The molecule has 1 aromatic rings. The zero-order chi connectivity index (χ0) is 11.1. The Labute approximate surface area is 95.9 Å². The summed E-state index contributed by atoms with van der Waals surface area (Å²) in [7, 11) is 0. The van der Waals surface area contributed by atoms with Crippen LogP contribution in [0.25, 0.3) is 0 Å². The van der Waals surface area contributed by atoms with Crippen LogP contribution in [0.2, 0.25) is 0 Å². The maximum Gasteiger partial charge on any atom is 0.0522 e. The van der Waals surface area contributed by atoms with Crippen molar-refractivity contribution in [3.63, 3.8) is 0 Å². The molecule has 0 fully saturated rings. The van der Waals surface area contributed by atoms with Crippen molar-refractivity contribution in [3.05, 3.63) is 29.3 Å². The molecule has 1 heterocycles. The average Bonchev–Trinajstić information content (AvgIpc) is 2.56. The van der Waals surface area contributed by atoms with E-state index in [4.69, 9.17) is 0 Å². The maximum absolute atomic E-state index is 9.34. The predicted molar refractivity (Wildman–Crippen MR) is 65.6 cm³/mol. The summed E-state index contributed by atoms with van der Waals surface area (Å²) in [6.45, 7) is 6.63. The summed E-state index contributed by atoms with van der Waals surface area (Å²) >= 11 is 1.95. The second kappa shape index (κ2) is 3.84. The molecule has 2 rings (SSSR count). The second-order valence-corrected chi connectivity index (χ2v) is 6.48. The van der Waals surface area contributed by atoms with Gasteiger partial charge in [-0.3, -0.25) is 0 Å². The molecule has 2 heteroatoms. The number of rotatable bonds is 2. The molecule has 1 aromatic carbocycles. The van der Waals surface area contributed by atoms with E-state index in [1.54, 1.807) is 0 Å². The minimum absolute atomic E-state index is 0.124. The first-order chi connectivity index (χ1) is 7.03. The quantitative estimate of drug-likeness (QED) is 0.830. The van der Waals surface area contributed by atoms with Gasteiger partial charge in [0, 0.05) is 15.6 Å². The molecule has 1 aliphatic heterocycles. The Hall–Kier alpha value is -0.470. The highest BCUT2D eigenvalue weighted by Crippen LogP contribution is 2.39. The Morgan fingerprint density at radius 1 is 1.47 bits per heavy atom. The Balaban J connectivity index is 2.35. The summed E-state index contributed by atoms with van der Waals surface area (Å²) in [4.78, 5) is 1.40. The van der Waals surface area contributed by atoms with E-state index in [1.165, 1.54) is 22.4 Å². The van der Waals surface area contributed by atoms with Crippen molar-refractivity contribution in [1.29, 1.82) is 0 Å². The lowest BCUT2D eigenvalue weighted by Gasteiger charge is -2.22. The summed E-state index contributed by atoms with van der Waals surface area (Å²) in [6, 6.07) is 6.63. The van der Waals surface area contributed by atoms with Crippen molar-refractivity contribution in [1.82, 2.24) is 0 Å². The first kappa shape index (κ1) is 11.0. The molecular formula is C13H18OS. The van der Waals surface area contributed by atoms with Gasteiger partial charge < -0.3 is 5.11 Å². The van der Waals surface area contributed by atoms with Gasteiger partial charge in [0.05, 0.1) is 6.61 Å². The predicted octanol–water partition coefficient (Wildman–Crippen LogP) is 2.99. The van der Waals surface area contributed by atoms with E-state index in [0.29, 0.717) is 5.25 Å². The molecule has 82 valence electrons. The van der Waals surface area contributed by atoms with Gasteiger partial charge in [0.2, 0.25) is 0 Å². The highest BCUT2D eigenvalue weighted by Gasteiger charge is 2.24. The topological polar surface area (TPSA) is 20.2 Å². The first-order valence-corrected chi connectivity index (χ1v) is 6.32. The Bertz CT molecular complexity index is 371. The van der Waals surface area contributed by atoms with Gasteiger partial charge in [-0.1, -0.05) is 32.9 Å². The highest BCUT2D eigenvalue weighted by molar-refractivity contribution is 8.00. The molecule has 0 aliphatic carbocycles. The van der Waals surface area contributed by atoms with E-state index in [2.05, 4.69) is 39.0 Å². The number of hydrogen-bond acceptors (Lipinski definition) is 2. The zero-order valence-electron chi connectivity index (χ0n) is 9.58. The molecule has 0 amide bonds. The number of fused-ring (bicyclic) bond motifs is 1. The highest BCUT2D eigenvalue weighted by atomic mass is 32.2. The molecule has 0 spiro atoms. The van der Waals surface area contributed by atoms with Crippen LogP contribution in [0.3, 0.4) is 0 Å². The summed E-state index contributed by atoms with van der Waals surface area (Å²) in [5.74, 6) is 0. The van der Waals surface area contributed by atoms with Crippen LogP contribution in [0.15, 0.2) is 23.1 Å². The molecule has 0 aromatic heterocycles. The van der Waals surface area contributed by atoms with Crippen LogP contribution in [0.1, 0.15) is 31.9 Å². The summed E-state index contributed by atoms with van der Waals surface area (Å²) < 4.78 is 0. The van der Waals surface area contributed by atoms with Gasteiger partial charge in [-0.2, -0.15) is 0 Å². The minimum Gasteiger partial charge on any atom is -0.395 e. The van der Waals surface area contributed by atoms with Crippen molar-refractivity contribution in [2.75, 3.05) is 6.61 Å². The molecule has 1 unspecified atom stereocenters. The normalized spacial score (nSPS) is 20.4. The third kappa shape index (κ3) is 2.06. The Morgan fingerprint density at radius 2 is 2.20 bits per heavy atom. The van der Waals surface area contributed by atoms with Crippen molar-refractivity contribution in [2.24, 2.45) is 0 Å². The Morgan fingerprint density at radius 3 is 2.87 bits per heavy atom. The third-order valence-electron chi connectivity index (χ3n) is 3.08. The molecule has 1 nitrogen and oxygen atoms in total. The monoisotopic (exact) mass is 222 g/mol. The zero-order valence-corrected chi connectivity index (χ0v) is 10.4. The van der Waals surface area contributed by atoms with E-state index in [1.807, 2.05) is 11.8 Å². The van der Waals surface area contributed by atoms with Gasteiger partial charge in [0.1, 0.15) is 0 Å². The first-order valence-electron chi connectivity index (χ1n) is 5.44. The lowest BCUT2D eigenvalue weighted by atomic mass is 9.85. The standard InChI is InChI=1S/C13H18OS/c1-9-6-10-4-5-11(7-12(10)15-9)13(2,3)8-14/h4-5,7,9,14H,6,8H2,1-3H3. The Kier molecular flexibility index (Phi) is 2.82. The second-order valence-electron chi connectivity index (χ2n) is 5.00. The van der Waals surface area contributed by atoms with Crippen molar-refractivity contribution in [3.8, 4) is 0 Å². The molecule has 15 heavy (non-hydrogen) atoms. The van der Waals surface area contributed by atoms with Gasteiger partial charge in [-0.25, -0.2) is 0 Å². The van der Waals surface area contributed by atoms with Crippen molar-refractivity contribution in [2.45, 2.75) is 42.8 Å². The fourth-order valence-corrected chi connectivity index (χ4v) is 3.11. The number of aliphatic hydroxyl groups is 1. The van der Waals surface area contributed by atoms with E-state index in [9.17, 15) is 5.11 Å². The van der Waals surface area contributed by atoms with Crippen LogP contribution in [-0.4, -0.2) is 17.0 Å². The van der Waals surface area contributed by atoms with Crippen LogP contribution < -0.4 is 0 Å². The summed E-state index contributed by atoms with van der Waals surface area (Å²) in [5.41, 5.74) is 2.58.